The molecule has 0 aliphatic heterocycles. The number of fused-ring (bicyclic) bond motifs is 1. The molecule has 138 valence electrons. The standard InChI is InChI=1S/C27H20N2/c1-4-10-21(11-5-1)16-17-22-18-19-29-25(20-22)28-26(23-12-6-2-7-13-23)27(29)24-14-8-3-9-15-24/h1-20H/b17-16+. The molecular formula is C27H20N2. The summed E-state index contributed by atoms with van der Waals surface area (Å²) in [5.74, 6) is 0. The second-order valence-corrected chi connectivity index (χ2v) is 6.97. The van der Waals surface area contributed by atoms with Crippen molar-refractivity contribution in [3.63, 3.8) is 0 Å². The van der Waals surface area contributed by atoms with Gasteiger partial charge in [0.05, 0.1) is 11.4 Å². The molecule has 0 aliphatic carbocycles. The van der Waals surface area contributed by atoms with Crippen molar-refractivity contribution in [2.24, 2.45) is 0 Å². The normalized spacial score (nSPS) is 11.3. The van der Waals surface area contributed by atoms with Crippen molar-refractivity contribution in [3.05, 3.63) is 120 Å². The predicted octanol–water partition coefficient (Wildman–Crippen LogP) is 6.84. The second-order valence-electron chi connectivity index (χ2n) is 6.97. The molecule has 0 aliphatic rings. The van der Waals surface area contributed by atoms with Gasteiger partial charge in [-0.15, -0.1) is 0 Å². The van der Waals surface area contributed by atoms with Gasteiger partial charge >= 0.3 is 0 Å². The molecule has 2 heteroatoms. The number of pyridine rings is 1. The Morgan fingerprint density at radius 3 is 1.86 bits per heavy atom. The zero-order valence-electron chi connectivity index (χ0n) is 15.9. The molecule has 2 nitrogen and oxygen atoms in total. The molecule has 0 radical (unpaired) electrons. The van der Waals surface area contributed by atoms with Crippen LogP contribution in [0.15, 0.2) is 109 Å². The Morgan fingerprint density at radius 2 is 1.17 bits per heavy atom. The molecule has 0 saturated carbocycles. The highest BCUT2D eigenvalue weighted by atomic mass is 15.0. The SMILES string of the molecule is C(=C\c1ccn2c(-c3ccccc3)c(-c3ccccc3)nc2c1)/c1ccccc1. The first kappa shape index (κ1) is 17.2. The summed E-state index contributed by atoms with van der Waals surface area (Å²) >= 11 is 0. The van der Waals surface area contributed by atoms with E-state index in [1.165, 1.54) is 5.56 Å². The summed E-state index contributed by atoms with van der Waals surface area (Å²) in [6, 6.07) is 35.5. The number of rotatable bonds is 4. The number of hydrogen-bond acceptors (Lipinski definition) is 1. The van der Waals surface area contributed by atoms with E-state index in [9.17, 15) is 0 Å². The van der Waals surface area contributed by atoms with E-state index in [0.717, 1.165) is 33.7 Å². The third-order valence-corrected chi connectivity index (χ3v) is 5.01. The molecule has 0 unspecified atom stereocenters. The summed E-state index contributed by atoms with van der Waals surface area (Å²) in [4.78, 5) is 5.00. The Balaban J connectivity index is 1.65. The van der Waals surface area contributed by atoms with E-state index in [2.05, 4.69) is 108 Å². The molecule has 0 N–H and O–H groups in total. The van der Waals surface area contributed by atoms with Crippen molar-refractivity contribution in [3.8, 4) is 22.5 Å². The molecule has 29 heavy (non-hydrogen) atoms. The van der Waals surface area contributed by atoms with Gasteiger partial charge in [0, 0.05) is 17.3 Å². The Morgan fingerprint density at radius 1 is 0.586 bits per heavy atom. The highest BCUT2D eigenvalue weighted by Crippen LogP contribution is 2.33. The van der Waals surface area contributed by atoms with E-state index in [4.69, 9.17) is 4.98 Å². The summed E-state index contributed by atoms with van der Waals surface area (Å²) in [7, 11) is 0. The fraction of sp³-hybridized carbons (Fsp3) is 0. The Hall–Kier alpha value is -3.91. The van der Waals surface area contributed by atoms with Gasteiger partial charge in [0.15, 0.2) is 0 Å². The maximum Gasteiger partial charge on any atom is 0.138 e. The third-order valence-electron chi connectivity index (χ3n) is 5.01. The van der Waals surface area contributed by atoms with Crippen LogP contribution in [0.3, 0.4) is 0 Å². The molecule has 0 fully saturated rings. The molecule has 2 heterocycles. The van der Waals surface area contributed by atoms with Gasteiger partial charge in [0.25, 0.3) is 0 Å². The summed E-state index contributed by atoms with van der Waals surface area (Å²) < 4.78 is 2.18. The van der Waals surface area contributed by atoms with Gasteiger partial charge in [-0.1, -0.05) is 103 Å². The van der Waals surface area contributed by atoms with Crippen LogP contribution in [0.5, 0.6) is 0 Å². The number of benzene rings is 3. The fourth-order valence-corrected chi connectivity index (χ4v) is 3.59. The van der Waals surface area contributed by atoms with Crippen LogP contribution >= 0.6 is 0 Å². The average Bonchev–Trinajstić information content (AvgIpc) is 3.18. The average molecular weight is 372 g/mol. The molecule has 0 spiro atoms. The van der Waals surface area contributed by atoms with E-state index < -0.39 is 0 Å². The van der Waals surface area contributed by atoms with Gasteiger partial charge in [-0.3, -0.25) is 4.40 Å². The first-order chi connectivity index (χ1) is 14.4. The number of hydrogen-bond donors (Lipinski definition) is 0. The summed E-state index contributed by atoms with van der Waals surface area (Å²) in [6.45, 7) is 0. The van der Waals surface area contributed by atoms with Crippen LogP contribution in [0.2, 0.25) is 0 Å². The van der Waals surface area contributed by atoms with E-state index >= 15 is 0 Å². The molecular weight excluding hydrogens is 352 g/mol. The van der Waals surface area contributed by atoms with Gasteiger partial charge < -0.3 is 0 Å². The monoisotopic (exact) mass is 372 g/mol. The molecule has 5 rings (SSSR count). The predicted molar refractivity (Wildman–Crippen MR) is 121 cm³/mol. The van der Waals surface area contributed by atoms with Crippen LogP contribution in [0.4, 0.5) is 0 Å². The summed E-state index contributed by atoms with van der Waals surface area (Å²) in [6.07, 6.45) is 6.38. The lowest BCUT2D eigenvalue weighted by atomic mass is 10.1. The van der Waals surface area contributed by atoms with Crippen molar-refractivity contribution in [1.82, 2.24) is 9.38 Å². The van der Waals surface area contributed by atoms with Gasteiger partial charge in [-0.05, 0) is 23.3 Å². The smallest absolute Gasteiger partial charge is 0.138 e. The highest BCUT2D eigenvalue weighted by Gasteiger charge is 2.15. The van der Waals surface area contributed by atoms with Crippen molar-refractivity contribution < 1.29 is 0 Å². The first-order valence-electron chi connectivity index (χ1n) is 9.74. The van der Waals surface area contributed by atoms with E-state index in [1.54, 1.807) is 0 Å². The van der Waals surface area contributed by atoms with Crippen molar-refractivity contribution >= 4 is 17.8 Å². The van der Waals surface area contributed by atoms with Gasteiger partial charge in [-0.25, -0.2) is 4.98 Å². The van der Waals surface area contributed by atoms with E-state index in [0.29, 0.717) is 0 Å². The first-order valence-corrected chi connectivity index (χ1v) is 9.74. The molecule has 5 aromatic rings. The van der Waals surface area contributed by atoms with Gasteiger partial charge in [0.1, 0.15) is 5.65 Å². The van der Waals surface area contributed by atoms with Gasteiger partial charge in [0.2, 0.25) is 0 Å². The van der Waals surface area contributed by atoms with Crippen molar-refractivity contribution in [2.45, 2.75) is 0 Å². The third kappa shape index (κ3) is 3.48. The van der Waals surface area contributed by atoms with Crippen molar-refractivity contribution in [2.75, 3.05) is 0 Å². The second kappa shape index (κ2) is 7.61. The zero-order valence-corrected chi connectivity index (χ0v) is 15.9. The Labute approximate surface area is 170 Å². The molecule has 3 aromatic carbocycles. The topological polar surface area (TPSA) is 17.3 Å². The summed E-state index contributed by atoms with van der Waals surface area (Å²) in [5, 5.41) is 0. The van der Waals surface area contributed by atoms with Crippen LogP contribution in [-0.2, 0) is 0 Å². The lowest BCUT2D eigenvalue weighted by molar-refractivity contribution is 1.19. The van der Waals surface area contributed by atoms with Crippen LogP contribution in [0.1, 0.15) is 11.1 Å². The largest absolute Gasteiger partial charge is 0.299 e. The lowest BCUT2D eigenvalue weighted by Gasteiger charge is -2.06. The Kier molecular flexibility index (Phi) is 4.51. The van der Waals surface area contributed by atoms with Crippen LogP contribution in [0.25, 0.3) is 40.3 Å². The highest BCUT2D eigenvalue weighted by molar-refractivity contribution is 5.83. The van der Waals surface area contributed by atoms with E-state index in [-0.39, 0.29) is 0 Å². The minimum atomic E-state index is 0.943. The summed E-state index contributed by atoms with van der Waals surface area (Å²) in [5.41, 5.74) is 7.66. The van der Waals surface area contributed by atoms with Crippen LogP contribution < -0.4 is 0 Å². The zero-order chi connectivity index (χ0) is 19.5. The molecule has 0 saturated heterocycles. The van der Waals surface area contributed by atoms with Gasteiger partial charge in [-0.2, -0.15) is 0 Å². The molecule has 0 amide bonds. The van der Waals surface area contributed by atoms with Crippen LogP contribution in [0, 0.1) is 0 Å². The van der Waals surface area contributed by atoms with Crippen LogP contribution in [-0.4, -0.2) is 9.38 Å². The lowest BCUT2D eigenvalue weighted by Crippen LogP contribution is -1.90. The maximum absolute atomic E-state index is 5.00. The minimum absolute atomic E-state index is 0.943. The number of imidazole rings is 1. The maximum atomic E-state index is 5.00. The van der Waals surface area contributed by atoms with E-state index in [1.807, 2.05) is 18.2 Å². The quantitative estimate of drug-likeness (QED) is 0.338. The molecule has 0 bridgehead atoms. The molecule has 0 atom stereocenters. The minimum Gasteiger partial charge on any atom is -0.299 e. The molecule has 2 aromatic heterocycles. The Bertz CT molecular complexity index is 1270. The van der Waals surface area contributed by atoms with Crippen molar-refractivity contribution in [1.29, 1.82) is 0 Å². The number of aromatic nitrogens is 2. The fourth-order valence-electron chi connectivity index (χ4n) is 3.59. The number of nitrogens with zero attached hydrogens (tertiary/aromatic N) is 2.